The van der Waals surface area contributed by atoms with Crippen molar-refractivity contribution in [2.24, 2.45) is 0 Å². The summed E-state index contributed by atoms with van der Waals surface area (Å²) in [6.45, 7) is 6.17. The summed E-state index contributed by atoms with van der Waals surface area (Å²) in [7, 11) is 0. The van der Waals surface area contributed by atoms with Gasteiger partial charge in [0.2, 0.25) is 11.7 Å². The van der Waals surface area contributed by atoms with Crippen LogP contribution in [0.1, 0.15) is 31.4 Å². The molecule has 0 aliphatic heterocycles. The number of amides is 1. The Morgan fingerprint density at radius 1 is 1.10 bits per heavy atom. The first kappa shape index (κ1) is 20.6. The van der Waals surface area contributed by atoms with Gasteiger partial charge in [0.05, 0.1) is 17.4 Å². The first-order valence-corrected chi connectivity index (χ1v) is 10.3. The molecule has 2 aromatic heterocycles. The van der Waals surface area contributed by atoms with Crippen molar-refractivity contribution in [3.8, 4) is 0 Å². The molecule has 0 atom stereocenters. The number of aromatic nitrogens is 4. The number of fused-ring (bicyclic) bond motifs is 3. The highest BCUT2D eigenvalue weighted by Gasteiger charge is 2.18. The summed E-state index contributed by atoms with van der Waals surface area (Å²) in [5.41, 5.74) is 1.94. The number of nitrogens with zero attached hydrogens (tertiary/aromatic N) is 4. The summed E-state index contributed by atoms with van der Waals surface area (Å²) in [6.07, 6.45) is 0.116. The normalized spacial score (nSPS) is 11.5. The van der Waals surface area contributed by atoms with Crippen LogP contribution in [0.5, 0.6) is 0 Å². The Kier molecular flexibility index (Phi) is 5.46. The van der Waals surface area contributed by atoms with E-state index < -0.39 is 0 Å². The van der Waals surface area contributed by atoms with Crippen LogP contribution < -0.4 is 16.6 Å². The van der Waals surface area contributed by atoms with E-state index in [1.807, 2.05) is 45.0 Å². The fraction of sp³-hybridized carbons (Fsp3) is 0.304. The molecule has 0 aliphatic rings. The van der Waals surface area contributed by atoms with E-state index in [1.165, 1.54) is 13.6 Å². The van der Waals surface area contributed by atoms with Crippen LogP contribution in [0.2, 0.25) is 0 Å². The van der Waals surface area contributed by atoms with Crippen LogP contribution in [0.15, 0.2) is 58.1 Å². The zero-order valence-electron chi connectivity index (χ0n) is 17.8. The Labute approximate surface area is 178 Å². The molecular formula is C23H25N5O3. The van der Waals surface area contributed by atoms with Crippen LogP contribution >= 0.6 is 0 Å². The fourth-order valence-electron chi connectivity index (χ4n) is 3.76. The maximum Gasteiger partial charge on any atom is 0.352 e. The summed E-state index contributed by atoms with van der Waals surface area (Å²) in [4.78, 5) is 38.6. The van der Waals surface area contributed by atoms with E-state index in [0.29, 0.717) is 17.4 Å². The van der Waals surface area contributed by atoms with E-state index in [-0.39, 0.29) is 41.9 Å². The third-order valence-electron chi connectivity index (χ3n) is 5.11. The summed E-state index contributed by atoms with van der Waals surface area (Å²) in [5, 5.41) is 7.72. The Morgan fingerprint density at radius 2 is 1.87 bits per heavy atom. The minimum atomic E-state index is -0.326. The minimum absolute atomic E-state index is 0.0111. The van der Waals surface area contributed by atoms with Gasteiger partial charge in [-0.3, -0.25) is 14.2 Å². The van der Waals surface area contributed by atoms with Gasteiger partial charge in [0.15, 0.2) is 0 Å². The highest BCUT2D eigenvalue weighted by Crippen LogP contribution is 2.12. The summed E-state index contributed by atoms with van der Waals surface area (Å²) in [5.74, 6) is 0.0773. The lowest BCUT2D eigenvalue weighted by Crippen LogP contribution is -2.32. The summed E-state index contributed by atoms with van der Waals surface area (Å²) in [6, 6.07) is 14.8. The van der Waals surface area contributed by atoms with E-state index in [4.69, 9.17) is 0 Å². The van der Waals surface area contributed by atoms with Gasteiger partial charge < -0.3 is 5.32 Å². The number of hydrogen-bond donors (Lipinski definition) is 1. The molecule has 160 valence electrons. The molecule has 1 N–H and O–H groups in total. The molecule has 0 aliphatic carbocycles. The molecule has 31 heavy (non-hydrogen) atoms. The molecule has 0 spiro atoms. The minimum Gasteiger partial charge on any atom is -0.354 e. The summed E-state index contributed by atoms with van der Waals surface area (Å²) < 4.78 is 4.23. The summed E-state index contributed by atoms with van der Waals surface area (Å²) >= 11 is 0. The number of carbonyl (C=O) groups is 1. The van der Waals surface area contributed by atoms with E-state index in [0.717, 1.165) is 11.1 Å². The highest BCUT2D eigenvalue weighted by molar-refractivity contribution is 5.80. The Balaban J connectivity index is 1.86. The second-order valence-electron chi connectivity index (χ2n) is 8.01. The number of aryl methyl sites for hydroxylation is 2. The van der Waals surface area contributed by atoms with Gasteiger partial charge in [-0.25, -0.2) is 13.9 Å². The number of rotatable bonds is 6. The lowest BCUT2D eigenvalue weighted by Gasteiger charge is -2.11. The van der Waals surface area contributed by atoms with Gasteiger partial charge in [0.1, 0.15) is 0 Å². The van der Waals surface area contributed by atoms with Crippen LogP contribution in [0, 0.1) is 6.92 Å². The Morgan fingerprint density at radius 3 is 2.61 bits per heavy atom. The molecule has 8 heteroatoms. The predicted molar refractivity (Wildman–Crippen MR) is 119 cm³/mol. The quantitative estimate of drug-likeness (QED) is 0.518. The lowest BCUT2D eigenvalue weighted by atomic mass is 10.1. The highest BCUT2D eigenvalue weighted by atomic mass is 16.2. The van der Waals surface area contributed by atoms with Gasteiger partial charge in [-0.2, -0.15) is 0 Å². The molecule has 4 aromatic rings. The van der Waals surface area contributed by atoms with E-state index in [1.54, 1.807) is 24.3 Å². The first-order chi connectivity index (χ1) is 14.8. The molecule has 0 saturated carbocycles. The van der Waals surface area contributed by atoms with Gasteiger partial charge >= 0.3 is 5.69 Å². The number of nitrogens with one attached hydrogen (secondary N) is 1. The van der Waals surface area contributed by atoms with Crippen molar-refractivity contribution in [3.63, 3.8) is 0 Å². The fourth-order valence-corrected chi connectivity index (χ4v) is 3.76. The lowest BCUT2D eigenvalue weighted by molar-refractivity contribution is -0.121. The largest absolute Gasteiger partial charge is 0.354 e. The number of hydrogen-bond acceptors (Lipinski definition) is 4. The molecule has 2 heterocycles. The van der Waals surface area contributed by atoms with E-state index >= 15 is 0 Å². The maximum absolute atomic E-state index is 13.2. The van der Waals surface area contributed by atoms with Gasteiger partial charge in [0, 0.05) is 19.0 Å². The molecule has 0 saturated heterocycles. The molecular weight excluding hydrogens is 394 g/mol. The van der Waals surface area contributed by atoms with Crippen LogP contribution in [0.4, 0.5) is 0 Å². The number of para-hydroxylation sites is 1. The van der Waals surface area contributed by atoms with Gasteiger partial charge in [0.25, 0.3) is 5.56 Å². The van der Waals surface area contributed by atoms with Gasteiger partial charge in [-0.05, 0) is 38.5 Å². The molecule has 8 nitrogen and oxygen atoms in total. The van der Waals surface area contributed by atoms with Crippen LogP contribution in [-0.4, -0.2) is 30.7 Å². The molecule has 0 unspecified atom stereocenters. The standard InChI is InChI=1S/C23H25N5O3/c1-15(2)24-20(29)11-12-26-21(30)18-9-4-5-10-19(18)28-22(26)25-27(23(28)31)14-17-8-6-7-16(3)13-17/h4-10,13,15H,11-12,14H2,1-3H3,(H,24,29). The predicted octanol–water partition coefficient (Wildman–Crippen LogP) is 2.08. The van der Waals surface area contributed by atoms with Crippen molar-refractivity contribution < 1.29 is 4.79 Å². The third-order valence-corrected chi connectivity index (χ3v) is 5.11. The zero-order chi connectivity index (χ0) is 22.1. The Hall–Kier alpha value is -3.68. The molecule has 0 radical (unpaired) electrons. The first-order valence-electron chi connectivity index (χ1n) is 10.3. The second-order valence-corrected chi connectivity index (χ2v) is 8.01. The topological polar surface area (TPSA) is 90.4 Å². The van der Waals surface area contributed by atoms with Crippen LogP contribution in [-0.2, 0) is 17.9 Å². The van der Waals surface area contributed by atoms with Gasteiger partial charge in [-0.15, -0.1) is 5.10 Å². The monoisotopic (exact) mass is 419 g/mol. The second kappa shape index (κ2) is 8.22. The van der Waals surface area contributed by atoms with Crippen molar-refractivity contribution in [1.29, 1.82) is 0 Å². The SMILES string of the molecule is Cc1cccc(Cn2nc3n(CCC(=O)NC(C)C)c(=O)c4ccccc4n3c2=O)c1. The zero-order valence-corrected chi connectivity index (χ0v) is 17.8. The van der Waals surface area contributed by atoms with Crippen molar-refractivity contribution in [2.45, 2.75) is 46.3 Å². The van der Waals surface area contributed by atoms with Crippen molar-refractivity contribution in [2.75, 3.05) is 0 Å². The van der Waals surface area contributed by atoms with Crippen molar-refractivity contribution in [1.82, 2.24) is 24.1 Å². The molecule has 4 rings (SSSR count). The third kappa shape index (κ3) is 4.01. The number of benzene rings is 2. The molecule has 2 aromatic carbocycles. The molecule has 0 bridgehead atoms. The van der Waals surface area contributed by atoms with E-state index in [2.05, 4.69) is 10.4 Å². The maximum atomic E-state index is 13.2. The smallest absolute Gasteiger partial charge is 0.352 e. The molecule has 1 amide bonds. The Bertz CT molecular complexity index is 1390. The van der Waals surface area contributed by atoms with E-state index in [9.17, 15) is 14.4 Å². The average Bonchev–Trinajstić information content (AvgIpc) is 3.03. The van der Waals surface area contributed by atoms with Gasteiger partial charge in [-0.1, -0.05) is 42.0 Å². The molecule has 0 fully saturated rings. The van der Waals surface area contributed by atoms with Crippen molar-refractivity contribution in [3.05, 3.63) is 80.5 Å². The van der Waals surface area contributed by atoms with Crippen LogP contribution in [0.3, 0.4) is 0 Å². The number of carbonyl (C=O) groups excluding carboxylic acids is 1. The average molecular weight is 419 g/mol. The van der Waals surface area contributed by atoms with Crippen molar-refractivity contribution >= 4 is 22.6 Å². The van der Waals surface area contributed by atoms with Crippen LogP contribution in [0.25, 0.3) is 16.7 Å².